The number of rotatable bonds is 4. The minimum Gasteiger partial charge on any atom is -0.375 e. The van der Waals surface area contributed by atoms with Crippen molar-refractivity contribution in [2.24, 2.45) is 0 Å². The summed E-state index contributed by atoms with van der Waals surface area (Å²) in [7, 11) is 0. The fourth-order valence-electron chi connectivity index (χ4n) is 3.65. The van der Waals surface area contributed by atoms with Gasteiger partial charge in [-0.1, -0.05) is 6.07 Å². The van der Waals surface area contributed by atoms with Crippen LogP contribution in [0.1, 0.15) is 48.3 Å². The number of aryl methyl sites for hydroxylation is 1. The molecular formula is C21H25N5O2S. The van der Waals surface area contributed by atoms with Gasteiger partial charge in [0.2, 0.25) is 0 Å². The van der Waals surface area contributed by atoms with Crippen molar-refractivity contribution in [3.8, 4) is 16.5 Å². The molecule has 1 amide bonds. The molecule has 1 unspecified atom stereocenters. The number of hydrogen-bond donors (Lipinski definition) is 1. The normalized spacial score (nSPS) is 18.6. The minimum atomic E-state index is -0.219. The molecule has 7 nitrogen and oxygen atoms in total. The van der Waals surface area contributed by atoms with Crippen LogP contribution in [-0.2, 0) is 4.74 Å². The van der Waals surface area contributed by atoms with E-state index in [1.54, 1.807) is 28.4 Å². The lowest BCUT2D eigenvalue weighted by Crippen LogP contribution is -2.45. The van der Waals surface area contributed by atoms with Crippen molar-refractivity contribution in [1.82, 2.24) is 25.1 Å². The lowest BCUT2D eigenvalue weighted by atomic mass is 9.94. The van der Waals surface area contributed by atoms with E-state index in [4.69, 9.17) is 9.72 Å². The second-order valence-electron chi connectivity index (χ2n) is 8.01. The third-order valence-electron chi connectivity index (χ3n) is 5.19. The molecule has 0 saturated carbocycles. The van der Waals surface area contributed by atoms with Gasteiger partial charge in [-0.25, -0.2) is 14.6 Å². The number of nitrogens with zero attached hydrogens (tertiary/aromatic N) is 4. The second kappa shape index (κ2) is 7.68. The maximum Gasteiger partial charge on any atom is 0.254 e. The van der Waals surface area contributed by atoms with Crippen molar-refractivity contribution in [1.29, 1.82) is 0 Å². The van der Waals surface area contributed by atoms with Crippen LogP contribution in [0.5, 0.6) is 0 Å². The van der Waals surface area contributed by atoms with E-state index in [9.17, 15) is 4.79 Å². The summed E-state index contributed by atoms with van der Waals surface area (Å²) in [5, 5.41) is 9.54. The van der Waals surface area contributed by atoms with E-state index in [2.05, 4.69) is 29.2 Å². The number of aromatic nitrogens is 4. The minimum absolute atomic E-state index is 0.0926. The maximum absolute atomic E-state index is 12.9. The van der Waals surface area contributed by atoms with Gasteiger partial charge in [-0.05, 0) is 57.5 Å². The van der Waals surface area contributed by atoms with Crippen LogP contribution in [0.15, 0.2) is 29.9 Å². The molecule has 29 heavy (non-hydrogen) atoms. The van der Waals surface area contributed by atoms with Gasteiger partial charge in [0.1, 0.15) is 0 Å². The summed E-state index contributed by atoms with van der Waals surface area (Å²) >= 11 is 1.63. The highest BCUT2D eigenvalue weighted by molar-refractivity contribution is 7.13. The Bertz CT molecular complexity index is 1030. The van der Waals surface area contributed by atoms with E-state index in [1.807, 2.05) is 31.4 Å². The maximum atomic E-state index is 12.9. The van der Waals surface area contributed by atoms with Gasteiger partial charge in [0.15, 0.2) is 0 Å². The molecule has 1 fully saturated rings. The van der Waals surface area contributed by atoms with Crippen LogP contribution in [0.4, 0.5) is 0 Å². The molecule has 1 saturated heterocycles. The lowest BCUT2D eigenvalue weighted by Gasteiger charge is -2.35. The zero-order valence-electron chi connectivity index (χ0n) is 17.1. The van der Waals surface area contributed by atoms with Gasteiger partial charge in [0.05, 0.1) is 33.6 Å². The van der Waals surface area contributed by atoms with Crippen molar-refractivity contribution in [2.75, 3.05) is 6.61 Å². The summed E-state index contributed by atoms with van der Waals surface area (Å²) in [6.45, 7) is 8.61. The Morgan fingerprint density at radius 1 is 1.34 bits per heavy atom. The standard InChI is InChI=1S/C21H25N5O2S/c1-13-11-22-20(25-18(13)17-6-5-9-29-17)26-14(2)16(12-23-26)19(27)24-15-7-8-28-21(3,4)10-15/h5-6,9,11-12,15H,7-8,10H2,1-4H3,(H,24,27). The number of amides is 1. The van der Waals surface area contributed by atoms with E-state index in [1.165, 1.54) is 0 Å². The van der Waals surface area contributed by atoms with Crippen LogP contribution < -0.4 is 5.32 Å². The van der Waals surface area contributed by atoms with Crippen molar-refractivity contribution < 1.29 is 9.53 Å². The Hall–Kier alpha value is -2.58. The average Bonchev–Trinajstić information content (AvgIpc) is 3.31. The van der Waals surface area contributed by atoms with Gasteiger partial charge in [0, 0.05) is 18.8 Å². The first kappa shape index (κ1) is 19.7. The van der Waals surface area contributed by atoms with Gasteiger partial charge in [-0.3, -0.25) is 4.79 Å². The highest BCUT2D eigenvalue weighted by Gasteiger charge is 2.30. The molecule has 0 radical (unpaired) electrons. The third-order valence-corrected chi connectivity index (χ3v) is 6.07. The molecular weight excluding hydrogens is 386 g/mol. The number of nitrogens with one attached hydrogen (secondary N) is 1. The van der Waals surface area contributed by atoms with Gasteiger partial charge in [-0.2, -0.15) is 5.10 Å². The monoisotopic (exact) mass is 411 g/mol. The average molecular weight is 412 g/mol. The zero-order valence-corrected chi connectivity index (χ0v) is 17.9. The van der Waals surface area contributed by atoms with Crippen molar-refractivity contribution in [2.45, 2.75) is 52.2 Å². The fraction of sp³-hybridized carbons (Fsp3) is 0.429. The van der Waals surface area contributed by atoms with E-state index in [0.717, 1.165) is 34.7 Å². The SMILES string of the molecule is Cc1cnc(-n2ncc(C(=O)NC3CCOC(C)(C)C3)c2C)nc1-c1cccs1. The molecule has 8 heteroatoms. The number of carbonyl (C=O) groups excluding carboxylic acids is 1. The highest BCUT2D eigenvalue weighted by atomic mass is 32.1. The first-order chi connectivity index (χ1) is 13.8. The van der Waals surface area contributed by atoms with Crippen LogP contribution >= 0.6 is 11.3 Å². The largest absolute Gasteiger partial charge is 0.375 e. The van der Waals surface area contributed by atoms with Gasteiger partial charge in [-0.15, -0.1) is 11.3 Å². The van der Waals surface area contributed by atoms with Crippen LogP contribution in [0, 0.1) is 13.8 Å². The number of hydrogen-bond acceptors (Lipinski definition) is 6. The van der Waals surface area contributed by atoms with Gasteiger partial charge >= 0.3 is 0 Å². The Kier molecular flexibility index (Phi) is 5.23. The molecule has 152 valence electrons. The zero-order chi connectivity index (χ0) is 20.6. The molecule has 0 bridgehead atoms. The fourth-order valence-corrected chi connectivity index (χ4v) is 4.43. The van der Waals surface area contributed by atoms with Crippen molar-refractivity contribution in [3.05, 3.63) is 46.7 Å². The molecule has 3 aromatic rings. The molecule has 0 aromatic carbocycles. The van der Waals surface area contributed by atoms with Crippen LogP contribution in [0.3, 0.4) is 0 Å². The predicted molar refractivity (Wildman–Crippen MR) is 112 cm³/mol. The summed E-state index contributed by atoms with van der Waals surface area (Å²) in [4.78, 5) is 23.1. The summed E-state index contributed by atoms with van der Waals surface area (Å²) in [5.41, 5.74) is 2.92. The molecule has 1 atom stereocenters. The second-order valence-corrected chi connectivity index (χ2v) is 8.95. The Labute approximate surface area is 174 Å². The molecule has 1 N–H and O–H groups in total. The molecule has 1 aliphatic rings. The van der Waals surface area contributed by atoms with E-state index >= 15 is 0 Å². The summed E-state index contributed by atoms with van der Waals surface area (Å²) < 4.78 is 7.36. The van der Waals surface area contributed by atoms with Crippen molar-refractivity contribution in [3.63, 3.8) is 0 Å². The molecule has 3 aromatic heterocycles. The molecule has 0 aliphatic carbocycles. The smallest absolute Gasteiger partial charge is 0.254 e. The van der Waals surface area contributed by atoms with Crippen LogP contribution in [0.25, 0.3) is 16.5 Å². The number of carbonyl (C=O) groups is 1. The topological polar surface area (TPSA) is 81.9 Å². The molecule has 0 spiro atoms. The van der Waals surface area contributed by atoms with Crippen molar-refractivity contribution >= 4 is 17.2 Å². The first-order valence-electron chi connectivity index (χ1n) is 9.71. The molecule has 4 rings (SSSR count). The third kappa shape index (κ3) is 4.09. The lowest BCUT2D eigenvalue weighted by molar-refractivity contribution is -0.0615. The van der Waals surface area contributed by atoms with Crippen LogP contribution in [0.2, 0.25) is 0 Å². The number of ether oxygens (including phenoxy) is 1. The predicted octanol–water partition coefficient (Wildman–Crippen LogP) is 3.70. The molecule has 4 heterocycles. The number of thiophene rings is 1. The Morgan fingerprint density at radius 2 is 2.17 bits per heavy atom. The summed E-state index contributed by atoms with van der Waals surface area (Å²) in [5.74, 6) is 0.338. The highest BCUT2D eigenvalue weighted by Crippen LogP contribution is 2.27. The summed E-state index contributed by atoms with van der Waals surface area (Å²) in [6.07, 6.45) is 4.98. The molecule has 1 aliphatic heterocycles. The van der Waals surface area contributed by atoms with Crippen LogP contribution in [-0.4, -0.2) is 43.9 Å². The Balaban J connectivity index is 1.57. The summed E-state index contributed by atoms with van der Waals surface area (Å²) in [6, 6.07) is 4.13. The quantitative estimate of drug-likeness (QED) is 0.708. The van der Waals surface area contributed by atoms with Gasteiger partial charge in [0.25, 0.3) is 11.9 Å². The Morgan fingerprint density at radius 3 is 2.90 bits per heavy atom. The van der Waals surface area contributed by atoms with E-state index < -0.39 is 0 Å². The van der Waals surface area contributed by atoms with E-state index in [0.29, 0.717) is 18.1 Å². The van der Waals surface area contributed by atoms with E-state index in [-0.39, 0.29) is 17.6 Å². The van der Waals surface area contributed by atoms with Gasteiger partial charge < -0.3 is 10.1 Å². The first-order valence-corrected chi connectivity index (χ1v) is 10.6.